The summed E-state index contributed by atoms with van der Waals surface area (Å²) in [6.45, 7) is 4.46. The van der Waals surface area contributed by atoms with Gasteiger partial charge in [-0.3, -0.25) is 14.4 Å². The molecule has 0 bridgehead atoms. The van der Waals surface area contributed by atoms with Crippen molar-refractivity contribution < 1.29 is 14.3 Å². The van der Waals surface area contributed by atoms with Crippen molar-refractivity contribution >= 4 is 34.9 Å². The highest BCUT2D eigenvalue weighted by Gasteiger charge is 2.21. The van der Waals surface area contributed by atoms with Crippen molar-refractivity contribution in [2.75, 3.05) is 37.6 Å². The third-order valence-corrected chi connectivity index (χ3v) is 5.53. The van der Waals surface area contributed by atoms with Gasteiger partial charge in [0.25, 0.3) is 0 Å². The Hall–Kier alpha value is -2.64. The number of rotatable bonds is 6. The van der Waals surface area contributed by atoms with Crippen LogP contribution in [0.5, 0.6) is 5.75 Å². The van der Waals surface area contributed by atoms with E-state index in [0.717, 1.165) is 55.9 Å². The van der Waals surface area contributed by atoms with E-state index in [9.17, 15) is 14.3 Å². The Morgan fingerprint density at radius 2 is 1.80 bits per heavy atom. The maximum Gasteiger partial charge on any atom is 0.162 e. The first kappa shape index (κ1) is 22.1. The van der Waals surface area contributed by atoms with Crippen molar-refractivity contribution in [3.05, 3.63) is 53.8 Å². The highest BCUT2D eigenvalue weighted by Crippen LogP contribution is 2.29. The first-order valence-electron chi connectivity index (χ1n) is 9.93. The molecule has 0 saturated carbocycles. The molecule has 1 saturated heterocycles. The molecule has 4 rings (SSSR count). The molecular formula is C22H26ClFN4O2. The number of aromatic nitrogens is 2. The summed E-state index contributed by atoms with van der Waals surface area (Å²) >= 11 is 0. The number of Topliss-reactive ketones (excluding diaryl/α,β-unsaturated/α-hetero) is 1. The number of phenols is 1. The number of hydrogen-bond donors (Lipinski definition) is 1. The van der Waals surface area contributed by atoms with Crippen LogP contribution in [0.1, 0.15) is 23.2 Å². The molecule has 1 aliphatic rings. The number of ketones is 1. The minimum atomic E-state index is -0.322. The van der Waals surface area contributed by atoms with Gasteiger partial charge in [0.1, 0.15) is 11.6 Å². The predicted molar refractivity (Wildman–Crippen MR) is 118 cm³/mol. The SMILES string of the molecule is Cl.Cn1nc(N2CCN(CCCC(=O)c3ccc(F)cc3)CC2)c2ccc(O)cc21. The lowest BCUT2D eigenvalue weighted by Crippen LogP contribution is -2.46. The van der Waals surface area contributed by atoms with Gasteiger partial charge in [-0.1, -0.05) is 0 Å². The zero-order valence-electron chi connectivity index (χ0n) is 16.9. The number of hydrogen-bond acceptors (Lipinski definition) is 5. The maximum atomic E-state index is 13.0. The molecule has 0 spiro atoms. The molecular weight excluding hydrogens is 407 g/mol. The molecule has 0 unspecified atom stereocenters. The topological polar surface area (TPSA) is 61.6 Å². The van der Waals surface area contributed by atoms with E-state index in [1.807, 2.05) is 13.1 Å². The van der Waals surface area contributed by atoms with Crippen LogP contribution in [0.15, 0.2) is 42.5 Å². The van der Waals surface area contributed by atoms with Gasteiger partial charge in [0.05, 0.1) is 5.52 Å². The van der Waals surface area contributed by atoms with Crippen molar-refractivity contribution in [2.45, 2.75) is 12.8 Å². The van der Waals surface area contributed by atoms with Crippen molar-refractivity contribution in [3.8, 4) is 5.75 Å². The van der Waals surface area contributed by atoms with Crippen LogP contribution < -0.4 is 4.90 Å². The summed E-state index contributed by atoms with van der Waals surface area (Å²) in [6, 6.07) is 11.1. The quantitative estimate of drug-likeness (QED) is 0.603. The largest absolute Gasteiger partial charge is 0.508 e. The van der Waals surface area contributed by atoms with E-state index in [4.69, 9.17) is 0 Å². The van der Waals surface area contributed by atoms with E-state index >= 15 is 0 Å². The number of aromatic hydroxyl groups is 1. The minimum Gasteiger partial charge on any atom is -0.508 e. The molecule has 1 N–H and O–H groups in total. The Morgan fingerprint density at radius 3 is 2.50 bits per heavy atom. The van der Waals surface area contributed by atoms with Gasteiger partial charge in [0.2, 0.25) is 0 Å². The van der Waals surface area contributed by atoms with Crippen LogP contribution in [0.4, 0.5) is 10.2 Å². The number of anilines is 1. The molecule has 3 aromatic rings. The van der Waals surface area contributed by atoms with Gasteiger partial charge in [-0.25, -0.2) is 4.39 Å². The maximum absolute atomic E-state index is 13.0. The number of fused-ring (bicyclic) bond motifs is 1. The molecule has 8 heteroatoms. The van der Waals surface area contributed by atoms with Crippen LogP contribution in [0.3, 0.4) is 0 Å². The fourth-order valence-electron chi connectivity index (χ4n) is 3.89. The van der Waals surface area contributed by atoms with Crippen LogP contribution in [-0.2, 0) is 7.05 Å². The molecule has 2 aromatic carbocycles. The molecule has 160 valence electrons. The van der Waals surface area contributed by atoms with Crippen LogP contribution in [0.2, 0.25) is 0 Å². The number of phenolic OH excluding ortho intramolecular Hbond substituents is 1. The van der Waals surface area contributed by atoms with Crippen LogP contribution in [-0.4, -0.2) is 58.3 Å². The second kappa shape index (κ2) is 9.45. The second-order valence-electron chi connectivity index (χ2n) is 7.51. The third-order valence-electron chi connectivity index (χ3n) is 5.53. The number of benzene rings is 2. The molecule has 0 amide bonds. The average Bonchev–Trinajstić information content (AvgIpc) is 3.05. The summed E-state index contributed by atoms with van der Waals surface area (Å²) in [6.07, 6.45) is 1.27. The Morgan fingerprint density at radius 1 is 1.10 bits per heavy atom. The van der Waals surface area contributed by atoms with E-state index in [-0.39, 0.29) is 29.8 Å². The van der Waals surface area contributed by atoms with Crippen LogP contribution in [0, 0.1) is 5.82 Å². The van der Waals surface area contributed by atoms with Gasteiger partial charge < -0.3 is 10.0 Å². The van der Waals surface area contributed by atoms with Gasteiger partial charge >= 0.3 is 0 Å². The summed E-state index contributed by atoms with van der Waals surface area (Å²) in [5.41, 5.74) is 1.49. The van der Waals surface area contributed by atoms with Gasteiger partial charge in [-0.05, 0) is 49.4 Å². The number of carbonyl (C=O) groups excluding carboxylic acids is 1. The Balaban J connectivity index is 0.00000256. The smallest absolute Gasteiger partial charge is 0.162 e. The van der Waals surface area contributed by atoms with E-state index in [1.54, 1.807) is 28.9 Å². The molecule has 1 aromatic heterocycles. The van der Waals surface area contributed by atoms with Gasteiger partial charge in [0.15, 0.2) is 11.6 Å². The molecule has 2 heterocycles. The zero-order chi connectivity index (χ0) is 20.4. The highest BCUT2D eigenvalue weighted by molar-refractivity contribution is 5.96. The summed E-state index contributed by atoms with van der Waals surface area (Å²) in [5.74, 6) is 0.935. The monoisotopic (exact) mass is 432 g/mol. The summed E-state index contributed by atoms with van der Waals surface area (Å²) in [4.78, 5) is 16.9. The lowest BCUT2D eigenvalue weighted by atomic mass is 10.1. The van der Waals surface area contributed by atoms with E-state index in [0.29, 0.717) is 12.0 Å². The van der Waals surface area contributed by atoms with Crippen molar-refractivity contribution in [1.29, 1.82) is 0 Å². The normalized spacial score (nSPS) is 14.7. The number of aryl methyl sites for hydroxylation is 1. The molecule has 1 fully saturated rings. The molecule has 30 heavy (non-hydrogen) atoms. The lowest BCUT2D eigenvalue weighted by molar-refractivity contribution is 0.0974. The third kappa shape index (κ3) is 4.74. The summed E-state index contributed by atoms with van der Waals surface area (Å²) in [5, 5.41) is 15.4. The van der Waals surface area contributed by atoms with Crippen LogP contribution in [0.25, 0.3) is 10.9 Å². The Bertz CT molecular complexity index is 1010. The van der Waals surface area contributed by atoms with Crippen molar-refractivity contribution in [1.82, 2.24) is 14.7 Å². The van der Waals surface area contributed by atoms with Crippen LogP contribution >= 0.6 is 12.4 Å². The van der Waals surface area contributed by atoms with E-state index in [1.165, 1.54) is 12.1 Å². The number of nitrogens with zero attached hydrogens (tertiary/aromatic N) is 4. The van der Waals surface area contributed by atoms with Crippen molar-refractivity contribution in [3.63, 3.8) is 0 Å². The van der Waals surface area contributed by atoms with E-state index in [2.05, 4.69) is 14.9 Å². The molecule has 6 nitrogen and oxygen atoms in total. The predicted octanol–water partition coefficient (Wildman–Crippen LogP) is 3.62. The first-order chi connectivity index (χ1) is 14.0. The molecule has 1 aliphatic heterocycles. The first-order valence-corrected chi connectivity index (χ1v) is 9.93. The standard InChI is InChI=1S/C22H25FN4O2.ClH/c1-25-20-15-18(28)8-9-19(20)22(24-25)27-13-11-26(12-14-27)10-2-3-21(29)16-4-6-17(23)7-5-16;/h4-9,15,28H,2-3,10-14H2,1H3;1H. The minimum absolute atomic E-state index is 0. The molecule has 0 aliphatic carbocycles. The Kier molecular flexibility index (Phi) is 6.95. The average molecular weight is 433 g/mol. The fourth-order valence-corrected chi connectivity index (χ4v) is 3.89. The van der Waals surface area contributed by atoms with Gasteiger partial charge in [-0.15, -0.1) is 12.4 Å². The molecule has 0 radical (unpaired) electrons. The second-order valence-corrected chi connectivity index (χ2v) is 7.51. The number of piperazine rings is 1. The van der Waals surface area contributed by atoms with Crippen molar-refractivity contribution in [2.24, 2.45) is 7.05 Å². The summed E-state index contributed by atoms with van der Waals surface area (Å²) < 4.78 is 14.8. The van der Waals surface area contributed by atoms with Gasteiger partial charge in [-0.2, -0.15) is 5.10 Å². The number of halogens is 2. The fraction of sp³-hybridized carbons (Fsp3) is 0.364. The summed E-state index contributed by atoms with van der Waals surface area (Å²) in [7, 11) is 1.89. The molecule has 0 atom stereocenters. The Labute approximate surface area is 181 Å². The zero-order valence-corrected chi connectivity index (χ0v) is 17.7. The highest BCUT2D eigenvalue weighted by atomic mass is 35.5. The number of carbonyl (C=O) groups is 1. The van der Waals surface area contributed by atoms with Gasteiger partial charge in [0, 0.05) is 56.7 Å². The van der Waals surface area contributed by atoms with E-state index < -0.39 is 0 Å². The lowest BCUT2D eigenvalue weighted by Gasteiger charge is -2.35.